The molecule has 3 heterocycles. The molecule has 5 rings (SSSR count). The minimum atomic E-state index is -1.21. The summed E-state index contributed by atoms with van der Waals surface area (Å²) in [5.74, 6) is -2.96. The number of methoxy groups -OCH3 is 1. The van der Waals surface area contributed by atoms with E-state index < -0.39 is 34.6 Å². The molecule has 0 bridgehead atoms. The Hall–Kier alpha value is -3.64. The van der Waals surface area contributed by atoms with Crippen LogP contribution in [-0.2, 0) is 21.3 Å². The minimum Gasteiger partial charge on any atom is -0.464 e. The van der Waals surface area contributed by atoms with E-state index in [0.717, 1.165) is 24.6 Å². The molecule has 2 aromatic heterocycles. The first kappa shape index (κ1) is 28.9. The van der Waals surface area contributed by atoms with Crippen molar-refractivity contribution in [1.29, 1.82) is 0 Å². The number of aromatic nitrogens is 3. The number of hydrogen-bond donors (Lipinski definition) is 1. The maximum Gasteiger partial charge on any atom is 0.356 e. The molecule has 1 atom stereocenters. The maximum atomic E-state index is 14.6. The van der Waals surface area contributed by atoms with Crippen LogP contribution in [0.5, 0.6) is 0 Å². The molecule has 1 aliphatic carbocycles. The Bertz CT molecular complexity index is 1530. The fraction of sp³-hybridized carbons (Fsp3) is 0.393. The molecule has 0 spiro atoms. The van der Waals surface area contributed by atoms with Crippen LogP contribution in [0.1, 0.15) is 71.3 Å². The number of nitrogens with zero attached hydrogens (tertiary/aromatic N) is 4. The number of amidine groups is 1. The van der Waals surface area contributed by atoms with E-state index >= 15 is 0 Å². The molecule has 3 aromatic rings. The van der Waals surface area contributed by atoms with Crippen LogP contribution in [0.3, 0.4) is 0 Å². The van der Waals surface area contributed by atoms with Crippen LogP contribution in [0.25, 0.3) is 0 Å². The molecule has 1 saturated carbocycles. The van der Waals surface area contributed by atoms with Crippen molar-refractivity contribution in [3.05, 3.63) is 79.7 Å². The van der Waals surface area contributed by atoms with Gasteiger partial charge in [-0.05, 0) is 50.7 Å². The molecular formula is C28H28ClF2N5O4S. The van der Waals surface area contributed by atoms with Crippen molar-refractivity contribution in [3.63, 3.8) is 0 Å². The highest BCUT2D eigenvalue weighted by molar-refractivity contribution is 7.11. The van der Waals surface area contributed by atoms with Crippen LogP contribution in [0, 0.1) is 17.6 Å². The Morgan fingerprint density at radius 3 is 2.56 bits per heavy atom. The number of esters is 2. The molecule has 1 aliphatic heterocycles. The van der Waals surface area contributed by atoms with E-state index in [-0.39, 0.29) is 29.6 Å². The lowest BCUT2D eigenvalue weighted by atomic mass is 9.77. The van der Waals surface area contributed by atoms with E-state index in [1.165, 1.54) is 29.2 Å². The number of rotatable bonds is 7. The SMILES string of the molecule is CCOC(=O)C1=C([C@H]2CC[C@H](c3cc(C(=O)OC)n(C)n3)CC2)NC(c2nccs2)=NC1c1ccc(F)c(F)c1Cl. The number of aliphatic imine (C=N–C) groups is 1. The Morgan fingerprint density at radius 1 is 1.17 bits per heavy atom. The normalized spacial score (nSPS) is 20.8. The van der Waals surface area contributed by atoms with E-state index in [1.807, 2.05) is 0 Å². The smallest absolute Gasteiger partial charge is 0.356 e. The fourth-order valence-corrected chi connectivity index (χ4v) is 6.25. The van der Waals surface area contributed by atoms with E-state index in [2.05, 4.69) is 15.4 Å². The second-order valence-electron chi connectivity index (χ2n) is 9.77. The summed E-state index contributed by atoms with van der Waals surface area (Å²) in [6, 6.07) is 3.03. The molecule has 0 amide bonds. The van der Waals surface area contributed by atoms with Crippen molar-refractivity contribution in [2.75, 3.05) is 13.7 Å². The first-order valence-corrected chi connectivity index (χ1v) is 14.4. The van der Waals surface area contributed by atoms with Crippen LogP contribution in [-0.4, -0.2) is 46.3 Å². The van der Waals surface area contributed by atoms with Gasteiger partial charge in [-0.3, -0.25) is 9.67 Å². The molecule has 9 nitrogen and oxygen atoms in total. The molecule has 216 valence electrons. The van der Waals surface area contributed by atoms with Crippen LogP contribution < -0.4 is 5.32 Å². The lowest BCUT2D eigenvalue weighted by Gasteiger charge is -2.35. The zero-order valence-corrected chi connectivity index (χ0v) is 24.2. The molecule has 13 heteroatoms. The third-order valence-electron chi connectivity index (χ3n) is 7.41. The van der Waals surface area contributed by atoms with Gasteiger partial charge in [0.15, 0.2) is 22.5 Å². The Kier molecular flexibility index (Phi) is 8.50. The molecule has 0 saturated heterocycles. The van der Waals surface area contributed by atoms with Gasteiger partial charge < -0.3 is 14.8 Å². The summed E-state index contributed by atoms with van der Waals surface area (Å²) in [5.41, 5.74) is 2.14. The number of nitrogens with one attached hydrogen (secondary N) is 1. The highest BCUT2D eigenvalue weighted by Crippen LogP contribution is 2.44. The van der Waals surface area contributed by atoms with Gasteiger partial charge in [0.2, 0.25) is 0 Å². The van der Waals surface area contributed by atoms with Crippen LogP contribution in [0.2, 0.25) is 5.02 Å². The van der Waals surface area contributed by atoms with Gasteiger partial charge in [-0.25, -0.2) is 23.4 Å². The first-order chi connectivity index (χ1) is 19.7. The lowest BCUT2D eigenvalue weighted by Crippen LogP contribution is -2.38. The molecule has 2 aliphatic rings. The number of ether oxygens (including phenoxy) is 2. The van der Waals surface area contributed by atoms with Gasteiger partial charge >= 0.3 is 11.9 Å². The predicted molar refractivity (Wildman–Crippen MR) is 149 cm³/mol. The van der Waals surface area contributed by atoms with Crippen LogP contribution >= 0.6 is 22.9 Å². The van der Waals surface area contributed by atoms with Gasteiger partial charge in [0.25, 0.3) is 0 Å². The molecule has 41 heavy (non-hydrogen) atoms. The van der Waals surface area contributed by atoms with Gasteiger partial charge in [-0.15, -0.1) is 11.3 Å². The number of carbonyl (C=O) groups is 2. The summed E-state index contributed by atoms with van der Waals surface area (Å²) in [6.07, 6.45) is 4.48. The number of allylic oxidation sites excluding steroid dienone is 1. The fourth-order valence-electron chi connectivity index (χ4n) is 5.41. The predicted octanol–water partition coefficient (Wildman–Crippen LogP) is 5.48. The summed E-state index contributed by atoms with van der Waals surface area (Å²) >= 11 is 7.64. The highest BCUT2D eigenvalue weighted by Gasteiger charge is 2.39. The molecule has 1 unspecified atom stereocenters. The van der Waals surface area contributed by atoms with Gasteiger partial charge in [0, 0.05) is 35.8 Å². The second-order valence-corrected chi connectivity index (χ2v) is 11.0. The van der Waals surface area contributed by atoms with Crippen molar-refractivity contribution >= 4 is 40.7 Å². The summed E-state index contributed by atoms with van der Waals surface area (Å²) in [7, 11) is 3.03. The second kappa shape index (κ2) is 12.1. The summed E-state index contributed by atoms with van der Waals surface area (Å²) in [4.78, 5) is 34.6. The average Bonchev–Trinajstić information content (AvgIpc) is 3.66. The van der Waals surface area contributed by atoms with Gasteiger partial charge in [-0.1, -0.05) is 17.7 Å². The highest BCUT2D eigenvalue weighted by atomic mass is 35.5. The molecule has 0 radical (unpaired) electrons. The minimum absolute atomic E-state index is 0.105. The third-order valence-corrected chi connectivity index (χ3v) is 8.58. The van der Waals surface area contributed by atoms with Crippen LogP contribution in [0.4, 0.5) is 8.78 Å². The average molecular weight is 604 g/mol. The van der Waals surface area contributed by atoms with Gasteiger partial charge in [-0.2, -0.15) is 5.10 Å². The molecule has 1 N–H and O–H groups in total. The Labute approximate surface area is 244 Å². The first-order valence-electron chi connectivity index (χ1n) is 13.1. The van der Waals surface area contributed by atoms with Crippen molar-refractivity contribution in [2.24, 2.45) is 18.0 Å². The number of carbonyl (C=O) groups excluding carboxylic acids is 2. The van der Waals surface area contributed by atoms with Crippen molar-refractivity contribution < 1.29 is 27.8 Å². The van der Waals surface area contributed by atoms with E-state index in [9.17, 15) is 18.4 Å². The number of benzene rings is 1. The number of halogens is 3. The molecule has 1 aromatic carbocycles. The van der Waals surface area contributed by atoms with E-state index in [4.69, 9.17) is 26.1 Å². The molecular weight excluding hydrogens is 576 g/mol. The number of hydrogen-bond acceptors (Lipinski definition) is 9. The van der Waals surface area contributed by atoms with E-state index in [1.54, 1.807) is 31.6 Å². The standard InChI is InChI=1S/C28H28ClF2N5O4S/c1-4-40-28(38)20-23(15-7-5-14(6-8-15)18-13-19(27(37)39-3)36(2)35-18)33-25(26-32-11-12-41-26)34-24(20)16-9-10-17(30)22(31)21(16)29/h9-15,24H,4-8H2,1-3H3,(H,33,34)/t14-,15-,24?. The van der Waals surface area contributed by atoms with Gasteiger partial charge in [0.1, 0.15) is 11.7 Å². The largest absolute Gasteiger partial charge is 0.464 e. The van der Waals surface area contributed by atoms with Crippen molar-refractivity contribution in [1.82, 2.24) is 20.1 Å². The number of thiazole rings is 1. The topological polar surface area (TPSA) is 108 Å². The zero-order chi connectivity index (χ0) is 29.3. The molecule has 1 fully saturated rings. The zero-order valence-electron chi connectivity index (χ0n) is 22.6. The monoisotopic (exact) mass is 603 g/mol. The van der Waals surface area contributed by atoms with Gasteiger partial charge in [0.05, 0.1) is 30.0 Å². The summed E-state index contributed by atoms with van der Waals surface area (Å²) < 4.78 is 40.4. The van der Waals surface area contributed by atoms with Crippen molar-refractivity contribution in [3.8, 4) is 0 Å². The van der Waals surface area contributed by atoms with Crippen LogP contribution in [0.15, 0.2) is 46.0 Å². The van der Waals surface area contributed by atoms with E-state index in [0.29, 0.717) is 35.1 Å². The third kappa shape index (κ3) is 5.62. The Morgan fingerprint density at radius 2 is 1.90 bits per heavy atom. The lowest BCUT2D eigenvalue weighted by molar-refractivity contribution is -0.139. The summed E-state index contributed by atoms with van der Waals surface area (Å²) in [6.45, 7) is 1.81. The summed E-state index contributed by atoms with van der Waals surface area (Å²) in [5, 5.41) is 9.80. The number of aryl methyl sites for hydroxylation is 1. The maximum absolute atomic E-state index is 14.6. The van der Waals surface area contributed by atoms with Crippen molar-refractivity contribution in [2.45, 2.75) is 44.6 Å². The Balaban J connectivity index is 1.52. The quantitative estimate of drug-likeness (QED) is 0.282.